The number of fused-ring (bicyclic) bond motifs is 3. The number of hydrogen-bond donors (Lipinski definition) is 1. The van der Waals surface area contributed by atoms with Crippen molar-refractivity contribution in [1.29, 1.82) is 0 Å². The van der Waals surface area contributed by atoms with Gasteiger partial charge in [-0.2, -0.15) is 0 Å². The van der Waals surface area contributed by atoms with Gasteiger partial charge in [0, 0.05) is 18.4 Å². The normalized spacial score (nSPS) is 44.5. The van der Waals surface area contributed by atoms with Crippen molar-refractivity contribution in [3.8, 4) is 0 Å². The number of carbonyl (C=O) groups is 3. The zero-order chi connectivity index (χ0) is 24.3. The van der Waals surface area contributed by atoms with Crippen LogP contribution in [-0.4, -0.2) is 35.2 Å². The Kier molecular flexibility index (Phi) is 5.82. The number of carboxylic acids is 1. The second-order valence-electron chi connectivity index (χ2n) is 11.4. The van der Waals surface area contributed by atoms with Gasteiger partial charge < -0.3 is 14.6 Å². The van der Waals surface area contributed by atoms with Crippen molar-refractivity contribution in [3.05, 3.63) is 23.8 Å². The Bertz CT molecular complexity index is 920. The molecule has 4 aliphatic carbocycles. The summed E-state index contributed by atoms with van der Waals surface area (Å²) in [5.74, 6) is -1.33. The third-order valence-electron chi connectivity index (χ3n) is 10.0. The first-order valence-electron chi connectivity index (χ1n) is 12.4. The van der Waals surface area contributed by atoms with Crippen molar-refractivity contribution in [2.75, 3.05) is 0 Å². The van der Waals surface area contributed by atoms with E-state index in [0.29, 0.717) is 24.8 Å². The van der Waals surface area contributed by atoms with Gasteiger partial charge in [0.05, 0.1) is 10.8 Å². The van der Waals surface area contributed by atoms with Crippen molar-refractivity contribution < 1.29 is 29.0 Å². The summed E-state index contributed by atoms with van der Waals surface area (Å²) in [6, 6.07) is 0. The highest BCUT2D eigenvalue weighted by molar-refractivity contribution is 5.88. The average Bonchev–Trinajstić information content (AvgIpc) is 2.86. The summed E-state index contributed by atoms with van der Waals surface area (Å²) in [4.78, 5) is 37.5. The van der Waals surface area contributed by atoms with Crippen LogP contribution in [0.2, 0.25) is 0 Å². The lowest BCUT2D eigenvalue weighted by atomic mass is 9.40. The molecule has 1 spiro atoms. The van der Waals surface area contributed by atoms with Crippen LogP contribution in [0, 0.1) is 34.0 Å². The molecule has 1 N–H and O–H groups in total. The smallest absolute Gasteiger partial charge is 0.333 e. The molecule has 4 aliphatic rings. The fourth-order valence-corrected chi connectivity index (χ4v) is 8.48. The van der Waals surface area contributed by atoms with Crippen LogP contribution < -0.4 is 0 Å². The minimum absolute atomic E-state index is 0.0314. The van der Waals surface area contributed by atoms with Crippen molar-refractivity contribution in [2.24, 2.45) is 34.0 Å². The molecule has 0 aromatic carbocycles. The van der Waals surface area contributed by atoms with Gasteiger partial charge >= 0.3 is 17.9 Å². The lowest BCUT2D eigenvalue weighted by molar-refractivity contribution is -0.224. The zero-order valence-corrected chi connectivity index (χ0v) is 20.6. The van der Waals surface area contributed by atoms with E-state index in [-0.39, 0.29) is 41.2 Å². The number of carbonyl (C=O) groups excluding carboxylic acids is 2. The Morgan fingerprint density at radius 1 is 1.03 bits per heavy atom. The van der Waals surface area contributed by atoms with E-state index in [9.17, 15) is 19.5 Å². The Labute approximate surface area is 196 Å². The van der Waals surface area contributed by atoms with Gasteiger partial charge in [-0.1, -0.05) is 26.0 Å². The van der Waals surface area contributed by atoms with Gasteiger partial charge in [-0.3, -0.25) is 9.59 Å². The van der Waals surface area contributed by atoms with Crippen molar-refractivity contribution in [3.63, 3.8) is 0 Å². The first-order chi connectivity index (χ1) is 15.4. The van der Waals surface area contributed by atoms with E-state index in [1.54, 1.807) is 13.0 Å². The molecular weight excluding hydrogens is 420 g/mol. The van der Waals surface area contributed by atoms with Gasteiger partial charge in [-0.15, -0.1) is 0 Å². The standard InChI is InChI=1S/C27H38O6/c1-7-15(2)23(29)33-21-16(3)18-9-10-20-25(5)12-8-13-26(6,24(30)31)19(25)11-14-27(20,21)22(18)32-17(4)28/h7,18-22H,3,8-14H2,1-2,4-6H3,(H,30,31)/b15-7-/t18-,19+,20-,21-,22-,25+,26+,27+/m0/s1. The summed E-state index contributed by atoms with van der Waals surface area (Å²) in [6.07, 6.45) is 6.39. The molecule has 0 aliphatic heterocycles. The second kappa shape index (κ2) is 7.99. The number of carboxylic acid groups (broad SMARTS) is 1. The van der Waals surface area contributed by atoms with E-state index >= 15 is 0 Å². The molecule has 0 heterocycles. The number of ether oxygens (including phenoxy) is 2. The molecule has 0 amide bonds. The summed E-state index contributed by atoms with van der Waals surface area (Å²) in [5, 5.41) is 10.2. The van der Waals surface area contributed by atoms with Crippen molar-refractivity contribution >= 4 is 17.9 Å². The third-order valence-corrected chi connectivity index (χ3v) is 10.0. The molecule has 4 fully saturated rings. The highest BCUT2D eigenvalue weighted by Gasteiger charge is 2.73. The molecule has 0 radical (unpaired) electrons. The van der Waals surface area contributed by atoms with Gasteiger partial charge in [0.25, 0.3) is 0 Å². The SMILES string of the molecule is C=C1[C@@H]2CC[C@H]3[C@]4(C)CCC[C@@](C)(C(=O)O)[C@@H]4CC[C@@]3([C@H]1OC(=O)/C(C)=C\C)[C@H]2OC(C)=O. The highest BCUT2D eigenvalue weighted by Crippen LogP contribution is 2.73. The Balaban J connectivity index is 1.83. The fraction of sp³-hybridized carbons (Fsp3) is 0.741. The van der Waals surface area contributed by atoms with Crippen LogP contribution in [0.5, 0.6) is 0 Å². The maximum Gasteiger partial charge on any atom is 0.333 e. The molecule has 4 saturated carbocycles. The average molecular weight is 459 g/mol. The Morgan fingerprint density at radius 2 is 1.73 bits per heavy atom. The highest BCUT2D eigenvalue weighted by atomic mass is 16.6. The van der Waals surface area contributed by atoms with Gasteiger partial charge in [0.15, 0.2) is 0 Å². The molecule has 8 atom stereocenters. The van der Waals surface area contributed by atoms with Crippen LogP contribution in [0.1, 0.15) is 79.6 Å². The van der Waals surface area contributed by atoms with Crippen LogP contribution in [0.4, 0.5) is 0 Å². The lowest BCUT2D eigenvalue weighted by Crippen LogP contribution is -2.64. The molecule has 2 bridgehead atoms. The Hall–Kier alpha value is -2.11. The molecule has 0 aromatic rings. The van der Waals surface area contributed by atoms with Crippen LogP contribution in [0.15, 0.2) is 23.8 Å². The second-order valence-corrected chi connectivity index (χ2v) is 11.4. The largest absolute Gasteiger partial charge is 0.481 e. The molecule has 4 rings (SSSR count). The molecule has 0 saturated heterocycles. The summed E-state index contributed by atoms with van der Waals surface area (Å²) in [6.45, 7) is 13.5. The first kappa shape index (κ1) is 24.0. The van der Waals surface area contributed by atoms with E-state index in [2.05, 4.69) is 13.5 Å². The topological polar surface area (TPSA) is 89.9 Å². The monoisotopic (exact) mass is 458 g/mol. The number of hydrogen-bond acceptors (Lipinski definition) is 5. The van der Waals surface area contributed by atoms with Crippen LogP contribution >= 0.6 is 0 Å². The lowest BCUT2D eigenvalue weighted by Gasteiger charge is -2.64. The number of aliphatic carboxylic acids is 1. The van der Waals surface area contributed by atoms with Gasteiger partial charge in [-0.25, -0.2) is 4.79 Å². The molecule has 6 heteroatoms. The maximum absolute atomic E-state index is 12.9. The van der Waals surface area contributed by atoms with E-state index in [0.717, 1.165) is 31.3 Å². The number of allylic oxidation sites excluding steroid dienone is 1. The van der Waals surface area contributed by atoms with E-state index in [1.165, 1.54) is 6.92 Å². The molecule has 182 valence electrons. The van der Waals surface area contributed by atoms with Crippen LogP contribution in [0.3, 0.4) is 0 Å². The van der Waals surface area contributed by atoms with E-state index < -0.39 is 22.9 Å². The molecule has 6 nitrogen and oxygen atoms in total. The van der Waals surface area contributed by atoms with Crippen molar-refractivity contribution in [1.82, 2.24) is 0 Å². The predicted octanol–water partition coefficient (Wildman–Crippen LogP) is 5.07. The zero-order valence-electron chi connectivity index (χ0n) is 20.6. The van der Waals surface area contributed by atoms with Gasteiger partial charge in [0.1, 0.15) is 12.2 Å². The fourth-order valence-electron chi connectivity index (χ4n) is 8.48. The van der Waals surface area contributed by atoms with Gasteiger partial charge in [-0.05, 0) is 82.1 Å². The molecule has 0 aromatic heterocycles. The minimum atomic E-state index is -0.772. The summed E-state index contributed by atoms with van der Waals surface area (Å²) < 4.78 is 12.2. The number of rotatable bonds is 4. The maximum atomic E-state index is 12.9. The van der Waals surface area contributed by atoms with E-state index in [4.69, 9.17) is 9.47 Å². The van der Waals surface area contributed by atoms with Gasteiger partial charge in [0.2, 0.25) is 0 Å². The predicted molar refractivity (Wildman–Crippen MR) is 123 cm³/mol. The Morgan fingerprint density at radius 3 is 2.33 bits per heavy atom. The summed E-state index contributed by atoms with van der Waals surface area (Å²) in [5.41, 5.74) is -0.182. The quantitative estimate of drug-likeness (QED) is 0.359. The first-order valence-corrected chi connectivity index (χ1v) is 12.4. The van der Waals surface area contributed by atoms with E-state index in [1.807, 2.05) is 13.8 Å². The summed E-state index contributed by atoms with van der Waals surface area (Å²) >= 11 is 0. The van der Waals surface area contributed by atoms with Crippen LogP contribution in [-0.2, 0) is 23.9 Å². The molecule has 0 unspecified atom stereocenters. The summed E-state index contributed by atoms with van der Waals surface area (Å²) in [7, 11) is 0. The van der Waals surface area contributed by atoms with Crippen LogP contribution in [0.25, 0.3) is 0 Å². The third kappa shape index (κ3) is 3.23. The molecular formula is C27H38O6. The number of esters is 2. The minimum Gasteiger partial charge on any atom is -0.481 e. The van der Waals surface area contributed by atoms with Crippen molar-refractivity contribution in [2.45, 2.75) is 91.8 Å². The molecule has 33 heavy (non-hydrogen) atoms.